The van der Waals surface area contributed by atoms with E-state index in [-0.39, 0.29) is 22.9 Å². The summed E-state index contributed by atoms with van der Waals surface area (Å²) in [5, 5.41) is 27.1. The second kappa shape index (κ2) is 18.4. The molecule has 52 heavy (non-hydrogen) atoms. The molecule has 1 aliphatic heterocycles. The van der Waals surface area contributed by atoms with Gasteiger partial charge in [0.2, 0.25) is 11.8 Å². The van der Waals surface area contributed by atoms with Gasteiger partial charge in [0.1, 0.15) is 23.8 Å². The first kappa shape index (κ1) is 41.1. The van der Waals surface area contributed by atoms with Gasteiger partial charge in [0, 0.05) is 43.9 Å². The zero-order chi connectivity index (χ0) is 38.1. The Kier molecular flexibility index (Phi) is 14.6. The van der Waals surface area contributed by atoms with Crippen LogP contribution < -0.4 is 10.6 Å². The Hall–Kier alpha value is -3.62. The van der Waals surface area contributed by atoms with E-state index in [9.17, 15) is 48.5 Å². The van der Waals surface area contributed by atoms with Gasteiger partial charge in [0.05, 0.1) is 11.4 Å². The quantitative estimate of drug-likeness (QED) is 0.0979. The fourth-order valence-corrected chi connectivity index (χ4v) is 7.25. The van der Waals surface area contributed by atoms with E-state index in [1.165, 1.54) is 5.56 Å². The maximum atomic E-state index is 12.3. The molecule has 0 aliphatic carbocycles. The number of nitrogens with zero attached hydrogens (tertiary/aromatic N) is 3. The molecule has 3 aromatic rings. The Morgan fingerprint density at radius 1 is 0.615 bits per heavy atom. The molecule has 8 N–H and O–H groups in total. The molecule has 0 spiro atoms. The van der Waals surface area contributed by atoms with Crippen molar-refractivity contribution in [3.63, 3.8) is 0 Å². The number of aryl methyl sites for hydroxylation is 2. The maximum absolute atomic E-state index is 12.3. The van der Waals surface area contributed by atoms with Gasteiger partial charge in [-0.1, -0.05) is 42.5 Å². The zero-order valence-electron chi connectivity index (χ0n) is 29.4. The largest absolute Gasteiger partial charge is 0.505 e. The molecule has 2 amide bonds. The number of carbonyl (C=O) groups excluding carboxylic acids is 2. The molecule has 0 aromatic heterocycles. The Balaban J connectivity index is 1.55. The number of anilines is 2. The van der Waals surface area contributed by atoms with Gasteiger partial charge in [-0.15, -0.1) is 0 Å². The first-order valence-electron chi connectivity index (χ1n) is 17.0. The van der Waals surface area contributed by atoms with Crippen LogP contribution in [0.4, 0.5) is 11.4 Å². The normalized spacial score (nSPS) is 15.9. The third-order valence-electron chi connectivity index (χ3n) is 8.58. The van der Waals surface area contributed by atoms with Crippen LogP contribution in [0.3, 0.4) is 0 Å². The van der Waals surface area contributed by atoms with E-state index >= 15 is 0 Å². The van der Waals surface area contributed by atoms with Crippen LogP contribution in [-0.4, -0.2) is 108 Å². The summed E-state index contributed by atoms with van der Waals surface area (Å²) in [6, 6.07) is 16.9. The molecular formula is C35H49N5O10P2. The Bertz CT molecular complexity index is 1800. The monoisotopic (exact) mass is 761 g/mol. The Morgan fingerprint density at radius 2 is 1.00 bits per heavy atom. The third-order valence-corrected chi connectivity index (χ3v) is 9.98. The molecule has 0 unspecified atom stereocenters. The molecule has 3 aromatic carbocycles. The zero-order valence-corrected chi connectivity index (χ0v) is 31.2. The van der Waals surface area contributed by atoms with Crippen molar-refractivity contribution in [3.8, 4) is 11.5 Å². The molecule has 4 rings (SSSR count). The van der Waals surface area contributed by atoms with Crippen molar-refractivity contribution >= 4 is 38.4 Å². The lowest BCUT2D eigenvalue weighted by Gasteiger charge is -2.28. The van der Waals surface area contributed by atoms with Gasteiger partial charge in [0.15, 0.2) is 0 Å². The summed E-state index contributed by atoms with van der Waals surface area (Å²) in [7, 11) is -9.18. The lowest BCUT2D eigenvalue weighted by molar-refractivity contribution is -0.115. The van der Waals surface area contributed by atoms with Crippen molar-refractivity contribution < 1.29 is 48.5 Å². The van der Waals surface area contributed by atoms with Crippen molar-refractivity contribution in [2.45, 2.75) is 46.3 Å². The minimum atomic E-state index is -4.59. The topological polar surface area (TPSA) is 223 Å². The van der Waals surface area contributed by atoms with Crippen molar-refractivity contribution in [3.05, 3.63) is 82.4 Å². The second-order valence-electron chi connectivity index (χ2n) is 13.4. The number of hydrogen-bond acceptors (Lipinski definition) is 9. The SMILES string of the molecule is Cc1cc(CN2CCCN(Cc3ccccc3)CCN(Cc3cc(C)cc(NC(=O)CP(=O)(O)O)c3O)CCC2)c(O)c(NC(=O)CP(=O)(O)O)c1. The molecule has 17 heteroatoms. The van der Waals surface area contributed by atoms with E-state index in [4.69, 9.17) is 0 Å². The number of hydrogen-bond donors (Lipinski definition) is 8. The van der Waals surface area contributed by atoms with Gasteiger partial charge in [-0.3, -0.25) is 33.4 Å². The number of carbonyl (C=O) groups is 2. The summed E-state index contributed by atoms with van der Waals surface area (Å²) in [6.07, 6.45) is -0.426. The molecule has 1 saturated heterocycles. The van der Waals surface area contributed by atoms with Crippen molar-refractivity contribution in [2.24, 2.45) is 0 Å². The van der Waals surface area contributed by atoms with E-state index in [0.717, 1.165) is 50.1 Å². The van der Waals surface area contributed by atoms with E-state index in [1.807, 2.05) is 44.2 Å². The summed E-state index contributed by atoms with van der Waals surface area (Å²) in [6.45, 7) is 9.29. The van der Waals surface area contributed by atoms with Gasteiger partial charge < -0.3 is 40.4 Å². The van der Waals surface area contributed by atoms with Crippen molar-refractivity contribution in [1.82, 2.24) is 14.7 Å². The minimum Gasteiger partial charge on any atom is -0.505 e. The van der Waals surface area contributed by atoms with Gasteiger partial charge in [-0.05, 0) is 81.7 Å². The number of nitrogens with one attached hydrogen (secondary N) is 2. The molecule has 1 aliphatic rings. The summed E-state index contributed by atoms with van der Waals surface area (Å²) >= 11 is 0. The fourth-order valence-electron chi connectivity index (χ4n) is 6.34. The van der Waals surface area contributed by atoms with E-state index < -0.39 is 39.3 Å². The number of phenols is 2. The molecule has 15 nitrogen and oxygen atoms in total. The predicted molar refractivity (Wildman–Crippen MR) is 198 cm³/mol. The first-order valence-corrected chi connectivity index (χ1v) is 20.6. The number of rotatable bonds is 12. The highest BCUT2D eigenvalue weighted by atomic mass is 31.2. The van der Waals surface area contributed by atoms with Crippen LogP contribution in [0.15, 0.2) is 54.6 Å². The molecule has 1 heterocycles. The average Bonchev–Trinajstić information content (AvgIpc) is 3.06. The van der Waals surface area contributed by atoms with Gasteiger partial charge in [-0.25, -0.2) is 0 Å². The number of amides is 2. The Morgan fingerprint density at radius 3 is 1.40 bits per heavy atom. The fraction of sp³-hybridized carbons (Fsp3) is 0.429. The highest BCUT2D eigenvalue weighted by molar-refractivity contribution is 7.53. The van der Waals surface area contributed by atoms with E-state index in [1.54, 1.807) is 12.1 Å². The molecule has 0 bridgehead atoms. The van der Waals surface area contributed by atoms with E-state index in [0.29, 0.717) is 43.9 Å². The first-order chi connectivity index (χ1) is 24.4. The molecule has 284 valence electrons. The molecule has 0 atom stereocenters. The molecule has 0 radical (unpaired) electrons. The van der Waals surface area contributed by atoms with Gasteiger partial charge >= 0.3 is 15.2 Å². The minimum absolute atomic E-state index is 0.0819. The van der Waals surface area contributed by atoms with Crippen LogP contribution in [0.1, 0.15) is 40.7 Å². The maximum Gasteiger partial charge on any atom is 0.334 e. The van der Waals surface area contributed by atoms with Gasteiger partial charge in [-0.2, -0.15) is 0 Å². The smallest absolute Gasteiger partial charge is 0.334 e. The summed E-state index contributed by atoms with van der Waals surface area (Å²) < 4.78 is 22.7. The third kappa shape index (κ3) is 13.7. The molecule has 0 saturated carbocycles. The van der Waals surface area contributed by atoms with Gasteiger partial charge in [0.25, 0.3) is 0 Å². The van der Waals surface area contributed by atoms with Crippen LogP contribution in [-0.2, 0) is 38.4 Å². The molecular weight excluding hydrogens is 712 g/mol. The van der Waals surface area contributed by atoms with Crippen molar-refractivity contribution in [2.75, 3.05) is 62.2 Å². The summed E-state index contributed by atoms with van der Waals surface area (Å²) in [5.41, 5.74) is 3.98. The predicted octanol–water partition coefficient (Wildman–Crippen LogP) is 3.55. The number of aromatic hydroxyl groups is 2. The van der Waals surface area contributed by atoms with Crippen LogP contribution in [0.2, 0.25) is 0 Å². The highest BCUT2D eigenvalue weighted by Crippen LogP contribution is 2.37. The second-order valence-corrected chi connectivity index (χ2v) is 16.7. The standard InChI is InChI=1S/C35H49N5O10P2/c1-25-16-28(34(43)30(18-25)36-32(41)23-51(45,46)47)21-38-10-6-12-39(20-27-8-4-3-5-9-27)14-15-40(13-7-11-38)22-29-17-26(2)19-31(35(29)44)37-33(42)24-52(48,49)50/h3-5,8-9,16-19,43-44H,6-7,10-15,20-24H2,1-2H3,(H,36,41)(H,37,42)(H2,45,46,47)(H2,48,49,50). The lowest BCUT2D eigenvalue weighted by Crippen LogP contribution is -2.35. The number of benzene rings is 3. The van der Waals surface area contributed by atoms with Crippen LogP contribution in [0.5, 0.6) is 11.5 Å². The lowest BCUT2D eigenvalue weighted by atomic mass is 10.1. The van der Waals surface area contributed by atoms with Crippen molar-refractivity contribution in [1.29, 1.82) is 0 Å². The number of phenolic OH excluding ortho intramolecular Hbond substituents is 2. The molecule has 1 fully saturated rings. The summed E-state index contributed by atoms with van der Waals surface area (Å²) in [4.78, 5) is 68.2. The van der Waals surface area contributed by atoms with E-state index in [2.05, 4.69) is 37.5 Å². The summed E-state index contributed by atoms with van der Waals surface area (Å²) in [5.74, 6) is -2.13. The average molecular weight is 762 g/mol. The Labute approximate surface area is 303 Å². The van der Waals surface area contributed by atoms with Crippen LogP contribution in [0.25, 0.3) is 0 Å². The van der Waals surface area contributed by atoms with Crippen LogP contribution in [0, 0.1) is 13.8 Å². The van der Waals surface area contributed by atoms with Crippen LogP contribution >= 0.6 is 15.2 Å². The highest BCUT2D eigenvalue weighted by Gasteiger charge is 2.24.